The minimum atomic E-state index is -0.725. The topological polar surface area (TPSA) is 35.5 Å². The van der Waals surface area contributed by atoms with Crippen LogP contribution in [0.4, 0.5) is 0 Å². The Labute approximate surface area is 115 Å². The number of hydrogen-bond acceptors (Lipinski definition) is 3. The molecule has 19 heavy (non-hydrogen) atoms. The predicted octanol–water partition coefficient (Wildman–Crippen LogP) is 3.58. The van der Waals surface area contributed by atoms with Crippen LogP contribution in [0, 0.1) is 0 Å². The third kappa shape index (κ3) is 2.29. The summed E-state index contributed by atoms with van der Waals surface area (Å²) >= 11 is 6.25. The second-order valence-corrected chi connectivity index (χ2v) is 4.64. The van der Waals surface area contributed by atoms with Crippen LogP contribution in [0.3, 0.4) is 0 Å². The third-order valence-corrected chi connectivity index (χ3v) is 3.43. The molecule has 3 rings (SSSR count). The molecule has 1 aliphatic rings. The standard InChI is InChI=1S/C15H11ClO3/c16-14(15(17)10-4-2-1-3-5-10)11-6-7-12-13(8-11)19-9-18-12/h1-8,14H,9H2. The van der Waals surface area contributed by atoms with E-state index < -0.39 is 5.38 Å². The molecule has 0 aromatic heterocycles. The van der Waals surface area contributed by atoms with Crippen molar-refractivity contribution in [1.29, 1.82) is 0 Å². The molecule has 96 valence electrons. The summed E-state index contributed by atoms with van der Waals surface area (Å²) in [6.07, 6.45) is 0. The van der Waals surface area contributed by atoms with Gasteiger partial charge in [-0.2, -0.15) is 0 Å². The van der Waals surface area contributed by atoms with E-state index in [1.165, 1.54) is 0 Å². The van der Waals surface area contributed by atoms with E-state index in [4.69, 9.17) is 21.1 Å². The summed E-state index contributed by atoms with van der Waals surface area (Å²) in [5.41, 5.74) is 1.31. The Morgan fingerprint density at radius 1 is 1.05 bits per heavy atom. The van der Waals surface area contributed by atoms with E-state index in [9.17, 15) is 4.79 Å². The van der Waals surface area contributed by atoms with Crippen LogP contribution in [0.1, 0.15) is 21.3 Å². The van der Waals surface area contributed by atoms with Gasteiger partial charge in [0.1, 0.15) is 5.38 Å². The number of benzene rings is 2. The maximum Gasteiger partial charge on any atom is 0.231 e. The van der Waals surface area contributed by atoms with Gasteiger partial charge in [0.2, 0.25) is 6.79 Å². The van der Waals surface area contributed by atoms with Gasteiger partial charge in [-0.3, -0.25) is 4.79 Å². The van der Waals surface area contributed by atoms with Crippen molar-refractivity contribution in [2.45, 2.75) is 5.38 Å². The molecule has 0 saturated carbocycles. The third-order valence-electron chi connectivity index (χ3n) is 2.98. The molecule has 4 heteroatoms. The molecule has 2 aromatic rings. The lowest BCUT2D eigenvalue weighted by molar-refractivity contribution is 0.0987. The van der Waals surface area contributed by atoms with E-state index in [0.29, 0.717) is 22.6 Å². The van der Waals surface area contributed by atoms with Crippen molar-refractivity contribution in [2.24, 2.45) is 0 Å². The van der Waals surface area contributed by atoms with E-state index in [-0.39, 0.29) is 12.6 Å². The number of ether oxygens (including phenoxy) is 2. The van der Waals surface area contributed by atoms with Gasteiger partial charge in [0, 0.05) is 5.56 Å². The van der Waals surface area contributed by atoms with Crippen molar-refractivity contribution in [2.75, 3.05) is 6.79 Å². The van der Waals surface area contributed by atoms with E-state index in [2.05, 4.69) is 0 Å². The van der Waals surface area contributed by atoms with Gasteiger partial charge < -0.3 is 9.47 Å². The molecule has 3 nitrogen and oxygen atoms in total. The molecule has 1 unspecified atom stereocenters. The Balaban J connectivity index is 1.88. The van der Waals surface area contributed by atoms with Crippen LogP contribution in [0.15, 0.2) is 48.5 Å². The van der Waals surface area contributed by atoms with Gasteiger partial charge in [0.25, 0.3) is 0 Å². The zero-order chi connectivity index (χ0) is 13.2. The first kappa shape index (κ1) is 12.1. The first-order valence-corrected chi connectivity index (χ1v) is 6.32. The molecule has 0 radical (unpaired) electrons. The Kier molecular flexibility index (Phi) is 3.13. The SMILES string of the molecule is O=C(c1ccccc1)C(Cl)c1ccc2c(c1)OCO2. The van der Waals surface area contributed by atoms with Crippen LogP contribution in [0.2, 0.25) is 0 Å². The van der Waals surface area contributed by atoms with E-state index in [1.54, 1.807) is 30.3 Å². The molecule has 0 fully saturated rings. The number of alkyl halides is 1. The number of Topliss-reactive ketones (excluding diaryl/α,β-unsaturated/α-hetero) is 1. The monoisotopic (exact) mass is 274 g/mol. The second-order valence-electron chi connectivity index (χ2n) is 4.21. The predicted molar refractivity (Wildman–Crippen MR) is 71.9 cm³/mol. The highest BCUT2D eigenvalue weighted by atomic mass is 35.5. The smallest absolute Gasteiger partial charge is 0.231 e. The Hall–Kier alpha value is -2.00. The summed E-state index contributed by atoms with van der Waals surface area (Å²) in [5.74, 6) is 1.19. The molecule has 0 bridgehead atoms. The Morgan fingerprint density at radius 2 is 1.79 bits per heavy atom. The Bertz CT molecular complexity index is 610. The summed E-state index contributed by atoms with van der Waals surface area (Å²) in [4.78, 5) is 12.2. The van der Waals surface area contributed by atoms with Crippen LogP contribution in [-0.4, -0.2) is 12.6 Å². The number of halogens is 1. The average molecular weight is 275 g/mol. The second kappa shape index (κ2) is 4.94. The van der Waals surface area contributed by atoms with E-state index in [0.717, 1.165) is 0 Å². The fourth-order valence-electron chi connectivity index (χ4n) is 1.97. The van der Waals surface area contributed by atoms with Gasteiger partial charge in [0.05, 0.1) is 0 Å². The lowest BCUT2D eigenvalue weighted by atomic mass is 10.0. The molecule has 0 aliphatic carbocycles. The van der Waals surface area contributed by atoms with Crippen molar-refractivity contribution in [3.8, 4) is 11.5 Å². The quantitative estimate of drug-likeness (QED) is 0.634. The molecule has 0 spiro atoms. The summed E-state index contributed by atoms with van der Waals surface area (Å²) in [7, 11) is 0. The van der Waals surface area contributed by atoms with Crippen molar-refractivity contribution in [1.82, 2.24) is 0 Å². The zero-order valence-electron chi connectivity index (χ0n) is 10.0. The summed E-state index contributed by atoms with van der Waals surface area (Å²) in [6.45, 7) is 0.207. The summed E-state index contributed by atoms with van der Waals surface area (Å²) < 4.78 is 10.5. The van der Waals surface area contributed by atoms with Crippen molar-refractivity contribution in [3.63, 3.8) is 0 Å². The number of rotatable bonds is 3. The molecule has 0 N–H and O–H groups in total. The first-order valence-electron chi connectivity index (χ1n) is 5.88. The minimum Gasteiger partial charge on any atom is -0.454 e. The lowest BCUT2D eigenvalue weighted by Crippen LogP contribution is -2.07. The fraction of sp³-hybridized carbons (Fsp3) is 0.133. The summed E-state index contributed by atoms with van der Waals surface area (Å²) in [6, 6.07) is 14.3. The highest BCUT2D eigenvalue weighted by Crippen LogP contribution is 2.36. The Morgan fingerprint density at radius 3 is 2.58 bits per heavy atom. The molecular formula is C15H11ClO3. The number of hydrogen-bond donors (Lipinski definition) is 0. The van der Waals surface area contributed by atoms with Gasteiger partial charge in [-0.15, -0.1) is 11.6 Å². The molecule has 1 heterocycles. The number of carbonyl (C=O) groups excluding carboxylic acids is 1. The normalized spacial score (nSPS) is 14.2. The van der Waals surface area contributed by atoms with Crippen LogP contribution in [0.25, 0.3) is 0 Å². The zero-order valence-corrected chi connectivity index (χ0v) is 10.8. The van der Waals surface area contributed by atoms with Gasteiger partial charge >= 0.3 is 0 Å². The van der Waals surface area contributed by atoms with Crippen LogP contribution >= 0.6 is 11.6 Å². The van der Waals surface area contributed by atoms with Crippen LogP contribution < -0.4 is 9.47 Å². The van der Waals surface area contributed by atoms with Gasteiger partial charge in [-0.1, -0.05) is 36.4 Å². The van der Waals surface area contributed by atoms with E-state index >= 15 is 0 Å². The van der Waals surface area contributed by atoms with Crippen molar-refractivity contribution in [3.05, 3.63) is 59.7 Å². The first-order chi connectivity index (χ1) is 9.25. The van der Waals surface area contributed by atoms with Gasteiger partial charge in [-0.25, -0.2) is 0 Å². The van der Waals surface area contributed by atoms with Gasteiger partial charge in [-0.05, 0) is 17.7 Å². The molecule has 1 atom stereocenters. The molecule has 0 amide bonds. The van der Waals surface area contributed by atoms with Gasteiger partial charge in [0.15, 0.2) is 17.3 Å². The molecule has 1 aliphatic heterocycles. The lowest BCUT2D eigenvalue weighted by Gasteiger charge is -2.09. The molecular weight excluding hydrogens is 264 g/mol. The van der Waals surface area contributed by atoms with E-state index in [1.807, 2.05) is 18.2 Å². The number of fused-ring (bicyclic) bond motifs is 1. The van der Waals surface area contributed by atoms with Crippen molar-refractivity contribution >= 4 is 17.4 Å². The fourth-order valence-corrected chi connectivity index (χ4v) is 2.23. The number of carbonyl (C=O) groups is 1. The average Bonchev–Trinajstić information content (AvgIpc) is 2.94. The summed E-state index contributed by atoms with van der Waals surface area (Å²) in [5, 5.41) is -0.725. The maximum absolute atomic E-state index is 12.2. The highest BCUT2D eigenvalue weighted by molar-refractivity contribution is 6.33. The highest BCUT2D eigenvalue weighted by Gasteiger charge is 2.22. The van der Waals surface area contributed by atoms with Crippen LogP contribution in [0.5, 0.6) is 11.5 Å². The van der Waals surface area contributed by atoms with Crippen molar-refractivity contribution < 1.29 is 14.3 Å². The van der Waals surface area contributed by atoms with Crippen LogP contribution in [-0.2, 0) is 0 Å². The molecule has 0 saturated heterocycles. The molecule has 2 aromatic carbocycles. The number of ketones is 1. The maximum atomic E-state index is 12.2. The largest absolute Gasteiger partial charge is 0.454 e. The minimum absolute atomic E-state index is 0.124.